The van der Waals surface area contributed by atoms with E-state index < -0.39 is 0 Å². The minimum absolute atomic E-state index is 0.198. The minimum atomic E-state index is -0.320. The summed E-state index contributed by atoms with van der Waals surface area (Å²) < 4.78 is 1.33. The molecule has 0 aliphatic carbocycles. The summed E-state index contributed by atoms with van der Waals surface area (Å²) in [7, 11) is 0. The van der Waals surface area contributed by atoms with Gasteiger partial charge in [-0.3, -0.25) is 9.59 Å². The maximum absolute atomic E-state index is 12.3. The van der Waals surface area contributed by atoms with Crippen LogP contribution in [0.1, 0.15) is 49.7 Å². The molecular formula is C18H23N3O2. The van der Waals surface area contributed by atoms with E-state index in [0.29, 0.717) is 18.2 Å². The Labute approximate surface area is 136 Å². The van der Waals surface area contributed by atoms with E-state index in [1.165, 1.54) is 22.4 Å². The monoisotopic (exact) mass is 313 g/mol. The Morgan fingerprint density at radius 2 is 1.74 bits per heavy atom. The summed E-state index contributed by atoms with van der Waals surface area (Å²) >= 11 is 0. The van der Waals surface area contributed by atoms with Gasteiger partial charge in [0.25, 0.3) is 11.5 Å². The molecule has 5 heteroatoms. The first-order valence-electron chi connectivity index (χ1n) is 7.86. The van der Waals surface area contributed by atoms with Gasteiger partial charge in [-0.15, -0.1) is 0 Å². The molecule has 0 spiro atoms. The molecule has 1 N–H and O–H groups in total. The second-order valence-electron chi connectivity index (χ2n) is 6.36. The average Bonchev–Trinajstić information content (AvgIpc) is 2.49. The van der Waals surface area contributed by atoms with Crippen LogP contribution in [-0.2, 0) is 6.54 Å². The highest BCUT2D eigenvalue weighted by Gasteiger charge is 2.11. The third-order valence-electron chi connectivity index (χ3n) is 3.47. The van der Waals surface area contributed by atoms with Crippen molar-refractivity contribution in [3.8, 4) is 0 Å². The molecule has 2 aromatic rings. The molecule has 1 heterocycles. The normalized spacial score (nSPS) is 11.0. The van der Waals surface area contributed by atoms with Crippen molar-refractivity contribution < 1.29 is 4.79 Å². The lowest BCUT2D eigenvalue weighted by molar-refractivity contribution is 0.101. The molecule has 1 aromatic heterocycles. The van der Waals surface area contributed by atoms with E-state index in [1.54, 1.807) is 0 Å². The van der Waals surface area contributed by atoms with Crippen LogP contribution in [0.3, 0.4) is 0 Å². The number of nitrogens with zero attached hydrogens (tertiary/aromatic N) is 2. The highest BCUT2D eigenvalue weighted by Crippen LogP contribution is 2.17. The Kier molecular flexibility index (Phi) is 5.32. The van der Waals surface area contributed by atoms with Crippen molar-refractivity contribution in [3.63, 3.8) is 0 Å². The lowest BCUT2D eigenvalue weighted by Crippen LogP contribution is -2.27. The first-order chi connectivity index (χ1) is 10.9. The van der Waals surface area contributed by atoms with Gasteiger partial charge in [-0.2, -0.15) is 5.10 Å². The maximum atomic E-state index is 12.3. The lowest BCUT2D eigenvalue weighted by atomic mass is 10.0. The van der Waals surface area contributed by atoms with Gasteiger partial charge in [0.15, 0.2) is 0 Å². The molecule has 0 saturated heterocycles. The van der Waals surface area contributed by atoms with Crippen molar-refractivity contribution in [2.24, 2.45) is 5.92 Å². The van der Waals surface area contributed by atoms with Gasteiger partial charge in [0, 0.05) is 18.3 Å². The highest BCUT2D eigenvalue weighted by molar-refractivity contribution is 6.02. The van der Waals surface area contributed by atoms with Crippen molar-refractivity contribution >= 4 is 11.6 Å². The number of amides is 1. The van der Waals surface area contributed by atoms with Gasteiger partial charge < -0.3 is 5.32 Å². The molecule has 23 heavy (non-hydrogen) atoms. The summed E-state index contributed by atoms with van der Waals surface area (Å²) in [4.78, 5) is 24.1. The molecule has 0 atom stereocenters. The first-order valence-corrected chi connectivity index (χ1v) is 7.86. The summed E-state index contributed by atoms with van der Waals surface area (Å²) in [5.41, 5.74) is 1.96. The van der Waals surface area contributed by atoms with Crippen LogP contribution in [0.4, 0.5) is 5.69 Å². The molecule has 0 fully saturated rings. The van der Waals surface area contributed by atoms with Gasteiger partial charge in [0.1, 0.15) is 5.69 Å². The molecule has 0 unspecified atom stereocenters. The summed E-state index contributed by atoms with van der Waals surface area (Å²) in [5.74, 6) is 0.405. The van der Waals surface area contributed by atoms with Crippen LogP contribution in [0.5, 0.6) is 0 Å². The van der Waals surface area contributed by atoms with Gasteiger partial charge >= 0.3 is 0 Å². The van der Waals surface area contributed by atoms with Gasteiger partial charge in [-0.25, -0.2) is 4.68 Å². The molecule has 0 aliphatic heterocycles. The van der Waals surface area contributed by atoms with Crippen LogP contribution in [-0.4, -0.2) is 15.7 Å². The zero-order valence-corrected chi connectivity index (χ0v) is 14.0. The summed E-state index contributed by atoms with van der Waals surface area (Å²) in [6, 6.07) is 10.6. The Morgan fingerprint density at radius 1 is 1.09 bits per heavy atom. The number of hydrogen-bond donors (Lipinski definition) is 1. The van der Waals surface area contributed by atoms with Crippen LogP contribution >= 0.6 is 0 Å². The van der Waals surface area contributed by atoms with Crippen molar-refractivity contribution in [2.45, 2.75) is 40.2 Å². The zero-order valence-electron chi connectivity index (χ0n) is 14.0. The molecule has 2 rings (SSSR count). The lowest BCUT2D eigenvalue weighted by Gasteiger charge is -2.10. The number of aromatic nitrogens is 2. The highest BCUT2D eigenvalue weighted by atomic mass is 16.2. The minimum Gasteiger partial charge on any atom is -0.321 e. The summed E-state index contributed by atoms with van der Waals surface area (Å²) in [6.45, 7) is 8.72. The van der Waals surface area contributed by atoms with Crippen molar-refractivity contribution in [1.82, 2.24) is 9.78 Å². The topological polar surface area (TPSA) is 64.0 Å². The van der Waals surface area contributed by atoms with E-state index in [0.717, 1.165) is 0 Å². The van der Waals surface area contributed by atoms with Crippen LogP contribution in [0, 0.1) is 5.92 Å². The molecule has 0 bridgehead atoms. The van der Waals surface area contributed by atoms with Crippen LogP contribution in [0.25, 0.3) is 0 Å². The van der Waals surface area contributed by atoms with Gasteiger partial charge in [-0.05, 0) is 35.6 Å². The third kappa shape index (κ3) is 4.52. The standard InChI is InChI=1S/C18H23N3O2/c1-12(2)11-21-17(22)10-9-16(20-21)18(23)19-15-7-5-14(6-8-15)13(3)4/h5-10,12-13H,11H2,1-4H3,(H,19,23). The number of hydrogen-bond acceptors (Lipinski definition) is 3. The van der Waals surface area contributed by atoms with Gasteiger partial charge in [0.05, 0.1) is 0 Å². The van der Waals surface area contributed by atoms with Gasteiger partial charge in [0.2, 0.25) is 0 Å². The Balaban J connectivity index is 2.15. The maximum Gasteiger partial charge on any atom is 0.276 e. The van der Waals surface area contributed by atoms with E-state index in [9.17, 15) is 9.59 Å². The van der Waals surface area contributed by atoms with E-state index >= 15 is 0 Å². The predicted molar refractivity (Wildman–Crippen MR) is 91.8 cm³/mol. The summed E-state index contributed by atoms with van der Waals surface area (Å²) in [5, 5.41) is 6.95. The summed E-state index contributed by atoms with van der Waals surface area (Å²) in [6.07, 6.45) is 0. The molecule has 122 valence electrons. The fourth-order valence-electron chi connectivity index (χ4n) is 2.19. The number of nitrogens with one attached hydrogen (secondary N) is 1. The molecular weight excluding hydrogens is 290 g/mol. The number of benzene rings is 1. The second kappa shape index (κ2) is 7.22. The second-order valence-corrected chi connectivity index (χ2v) is 6.36. The Hall–Kier alpha value is -2.43. The van der Waals surface area contributed by atoms with E-state index in [2.05, 4.69) is 24.3 Å². The molecule has 1 aromatic carbocycles. The molecule has 0 saturated carbocycles. The number of anilines is 1. The number of carbonyl (C=O) groups is 1. The largest absolute Gasteiger partial charge is 0.321 e. The fraction of sp³-hybridized carbons (Fsp3) is 0.389. The van der Waals surface area contributed by atoms with E-state index in [1.807, 2.05) is 38.1 Å². The quantitative estimate of drug-likeness (QED) is 0.921. The Bertz CT molecular complexity index is 731. The number of rotatable bonds is 5. The van der Waals surface area contributed by atoms with Gasteiger partial charge in [-0.1, -0.05) is 39.8 Å². The van der Waals surface area contributed by atoms with Crippen LogP contribution in [0.15, 0.2) is 41.2 Å². The molecule has 1 amide bonds. The number of carbonyl (C=O) groups excluding carboxylic acids is 1. The fourth-order valence-corrected chi connectivity index (χ4v) is 2.19. The smallest absolute Gasteiger partial charge is 0.276 e. The van der Waals surface area contributed by atoms with Crippen LogP contribution in [0.2, 0.25) is 0 Å². The van der Waals surface area contributed by atoms with E-state index in [4.69, 9.17) is 0 Å². The van der Waals surface area contributed by atoms with Crippen molar-refractivity contribution in [1.29, 1.82) is 0 Å². The predicted octanol–water partition coefficient (Wildman–Crippen LogP) is 3.28. The molecule has 0 aliphatic rings. The first kappa shape index (κ1) is 16.9. The molecule has 5 nitrogen and oxygen atoms in total. The van der Waals surface area contributed by atoms with E-state index in [-0.39, 0.29) is 23.1 Å². The SMILES string of the molecule is CC(C)Cn1nc(C(=O)Nc2ccc(C(C)C)cc2)ccc1=O. The average molecular weight is 313 g/mol. The molecule has 0 radical (unpaired) electrons. The van der Waals surface area contributed by atoms with Crippen LogP contribution < -0.4 is 10.9 Å². The zero-order chi connectivity index (χ0) is 17.0. The van der Waals surface area contributed by atoms with Crippen molar-refractivity contribution in [2.75, 3.05) is 5.32 Å². The Morgan fingerprint density at radius 3 is 2.30 bits per heavy atom. The van der Waals surface area contributed by atoms with Crippen molar-refractivity contribution in [3.05, 3.63) is 58.0 Å². The third-order valence-corrected chi connectivity index (χ3v) is 3.47.